The normalized spacial score (nSPS) is 24.8. The third kappa shape index (κ3) is 1.73. The van der Waals surface area contributed by atoms with E-state index in [1.165, 1.54) is 6.08 Å². The van der Waals surface area contributed by atoms with Crippen LogP contribution in [-0.4, -0.2) is 17.0 Å². The lowest BCUT2D eigenvalue weighted by molar-refractivity contribution is -0.135. The van der Waals surface area contributed by atoms with Crippen molar-refractivity contribution in [2.45, 2.75) is 26.4 Å². The van der Waals surface area contributed by atoms with E-state index in [1.807, 2.05) is 13.8 Å². The van der Waals surface area contributed by atoms with Crippen molar-refractivity contribution in [3.63, 3.8) is 0 Å². The summed E-state index contributed by atoms with van der Waals surface area (Å²) in [6, 6.07) is 0. The summed E-state index contributed by atoms with van der Waals surface area (Å²) in [5.74, 6) is 0.0412. The average Bonchev–Trinajstić information content (AvgIpc) is 1.94. The predicted molar refractivity (Wildman–Crippen MR) is 40.0 cm³/mol. The first kappa shape index (κ1) is 8.11. The van der Waals surface area contributed by atoms with E-state index < -0.39 is 6.10 Å². The van der Waals surface area contributed by atoms with E-state index in [1.54, 1.807) is 0 Å². The molecule has 0 aromatic carbocycles. The van der Waals surface area contributed by atoms with Crippen LogP contribution >= 0.6 is 0 Å². The van der Waals surface area contributed by atoms with Crippen LogP contribution in [0.4, 0.5) is 0 Å². The first-order valence-electron chi connectivity index (χ1n) is 3.69. The summed E-state index contributed by atoms with van der Waals surface area (Å²) >= 11 is 0. The Morgan fingerprint density at radius 2 is 2.36 bits per heavy atom. The molecule has 1 atom stereocenters. The Hall–Kier alpha value is -0.990. The van der Waals surface area contributed by atoms with Gasteiger partial charge in [0.15, 0.2) is 11.9 Å². The molecule has 0 amide bonds. The minimum atomic E-state index is -0.458. The van der Waals surface area contributed by atoms with Gasteiger partial charge in [0.25, 0.3) is 5.95 Å². The fourth-order valence-corrected chi connectivity index (χ4v) is 1.06. The molecule has 62 valence electrons. The van der Waals surface area contributed by atoms with Crippen molar-refractivity contribution in [3.8, 4) is 0 Å². The van der Waals surface area contributed by atoms with Gasteiger partial charge < -0.3 is 9.84 Å². The summed E-state index contributed by atoms with van der Waals surface area (Å²) in [6.45, 7) is 3.78. The highest BCUT2D eigenvalue weighted by Crippen LogP contribution is 2.17. The molecule has 0 fully saturated rings. The Morgan fingerprint density at radius 1 is 1.73 bits per heavy atom. The van der Waals surface area contributed by atoms with Crippen LogP contribution in [-0.2, 0) is 9.53 Å². The number of aliphatic hydroxyl groups is 1. The van der Waals surface area contributed by atoms with Crippen LogP contribution < -0.4 is 0 Å². The van der Waals surface area contributed by atoms with E-state index in [0.29, 0.717) is 0 Å². The third-order valence-corrected chi connectivity index (χ3v) is 1.65. The van der Waals surface area contributed by atoms with Crippen molar-refractivity contribution < 1.29 is 14.6 Å². The Kier molecular flexibility index (Phi) is 2.17. The maximum atomic E-state index is 11.1. The largest absolute Gasteiger partial charge is 0.481 e. The van der Waals surface area contributed by atoms with Crippen molar-refractivity contribution in [1.29, 1.82) is 0 Å². The molecule has 0 spiro atoms. The highest BCUT2D eigenvalue weighted by atomic mass is 16.6. The van der Waals surface area contributed by atoms with Gasteiger partial charge >= 0.3 is 0 Å². The number of hydrogen-bond acceptors (Lipinski definition) is 3. The molecule has 3 heteroatoms. The first-order chi connectivity index (χ1) is 5.11. The van der Waals surface area contributed by atoms with Gasteiger partial charge in [-0.15, -0.1) is 0 Å². The van der Waals surface area contributed by atoms with Gasteiger partial charge in [-0.05, 0) is 5.92 Å². The molecular weight excluding hydrogens is 144 g/mol. The van der Waals surface area contributed by atoms with Crippen LogP contribution in [0.3, 0.4) is 0 Å². The summed E-state index contributed by atoms with van der Waals surface area (Å²) in [7, 11) is 0. The number of ether oxygens (including phenoxy) is 1. The smallest absolute Gasteiger partial charge is 0.273 e. The third-order valence-electron chi connectivity index (χ3n) is 1.65. The van der Waals surface area contributed by atoms with E-state index in [4.69, 9.17) is 9.84 Å². The van der Waals surface area contributed by atoms with Crippen molar-refractivity contribution in [1.82, 2.24) is 0 Å². The van der Waals surface area contributed by atoms with Crippen LogP contribution in [0.1, 0.15) is 20.3 Å². The van der Waals surface area contributed by atoms with Crippen molar-refractivity contribution in [2.75, 3.05) is 0 Å². The average molecular weight is 156 g/mol. The van der Waals surface area contributed by atoms with E-state index in [-0.39, 0.29) is 24.1 Å². The number of rotatable bonds is 1. The Balaban J connectivity index is 2.68. The molecule has 1 aliphatic heterocycles. The van der Waals surface area contributed by atoms with Gasteiger partial charge in [-0.3, -0.25) is 4.79 Å². The lowest BCUT2D eigenvalue weighted by Crippen LogP contribution is -2.31. The van der Waals surface area contributed by atoms with Gasteiger partial charge in [0.2, 0.25) is 0 Å². The quantitative estimate of drug-likeness (QED) is 0.624. The molecule has 1 aliphatic rings. The van der Waals surface area contributed by atoms with Gasteiger partial charge in [-0.25, -0.2) is 0 Å². The number of allylic oxidation sites excluding steroid dienone is 1. The fraction of sp³-hybridized carbons (Fsp3) is 0.625. The molecule has 11 heavy (non-hydrogen) atoms. The number of hydrogen-bond donors (Lipinski definition) is 1. The molecule has 0 radical (unpaired) electrons. The molecule has 0 aliphatic carbocycles. The van der Waals surface area contributed by atoms with Gasteiger partial charge in [0, 0.05) is 12.5 Å². The Bertz CT molecular complexity index is 194. The van der Waals surface area contributed by atoms with Gasteiger partial charge in [-0.2, -0.15) is 0 Å². The minimum Gasteiger partial charge on any atom is -0.481 e. The number of ketones is 1. The summed E-state index contributed by atoms with van der Waals surface area (Å²) < 4.78 is 4.93. The van der Waals surface area contributed by atoms with Crippen molar-refractivity contribution in [3.05, 3.63) is 12.0 Å². The van der Waals surface area contributed by atoms with Gasteiger partial charge in [0.1, 0.15) is 0 Å². The standard InChI is InChI=1S/C8H12O3/c1-5(2)8-6(9)3-4-7(10)11-8/h4-5,8,10H,3H2,1-2H3. The van der Waals surface area contributed by atoms with Crippen molar-refractivity contribution >= 4 is 5.78 Å². The lowest BCUT2D eigenvalue weighted by atomic mass is 10.00. The minimum absolute atomic E-state index is 0.0396. The summed E-state index contributed by atoms with van der Waals surface area (Å²) in [5.41, 5.74) is 0. The maximum Gasteiger partial charge on any atom is 0.273 e. The van der Waals surface area contributed by atoms with Crippen LogP contribution in [0.15, 0.2) is 12.0 Å². The molecular formula is C8H12O3. The molecule has 0 saturated carbocycles. The fourth-order valence-electron chi connectivity index (χ4n) is 1.06. The zero-order valence-corrected chi connectivity index (χ0v) is 6.70. The predicted octanol–water partition coefficient (Wildman–Crippen LogP) is 1.40. The highest BCUT2D eigenvalue weighted by Gasteiger charge is 2.27. The second-order valence-corrected chi connectivity index (χ2v) is 3.00. The number of Topliss-reactive ketones (excluding diaryl/α,β-unsaturated/α-hetero) is 1. The van der Waals surface area contributed by atoms with Crippen LogP contribution in [0.25, 0.3) is 0 Å². The molecule has 1 rings (SSSR count). The summed E-state index contributed by atoms with van der Waals surface area (Å²) in [4.78, 5) is 11.1. The molecule has 0 bridgehead atoms. The van der Waals surface area contributed by atoms with Crippen LogP contribution in [0.2, 0.25) is 0 Å². The molecule has 1 unspecified atom stereocenters. The highest BCUT2D eigenvalue weighted by molar-refractivity contribution is 5.85. The van der Waals surface area contributed by atoms with Crippen LogP contribution in [0, 0.1) is 5.92 Å². The Labute approximate surface area is 65.7 Å². The molecule has 0 saturated heterocycles. The zero-order valence-electron chi connectivity index (χ0n) is 6.70. The molecule has 1 heterocycles. The summed E-state index contributed by atoms with van der Waals surface area (Å²) in [6.07, 6.45) is 1.22. The molecule has 0 aromatic heterocycles. The molecule has 1 N–H and O–H groups in total. The van der Waals surface area contributed by atoms with E-state index >= 15 is 0 Å². The zero-order chi connectivity index (χ0) is 8.43. The van der Waals surface area contributed by atoms with Crippen LogP contribution in [0.5, 0.6) is 0 Å². The monoisotopic (exact) mass is 156 g/mol. The summed E-state index contributed by atoms with van der Waals surface area (Å²) in [5, 5.41) is 8.93. The van der Waals surface area contributed by atoms with Crippen molar-refractivity contribution in [2.24, 2.45) is 5.92 Å². The lowest BCUT2D eigenvalue weighted by Gasteiger charge is -2.22. The molecule has 0 aromatic rings. The maximum absolute atomic E-state index is 11.1. The van der Waals surface area contributed by atoms with E-state index in [9.17, 15) is 4.79 Å². The Morgan fingerprint density at radius 3 is 2.82 bits per heavy atom. The second-order valence-electron chi connectivity index (χ2n) is 3.00. The van der Waals surface area contributed by atoms with Gasteiger partial charge in [0.05, 0.1) is 0 Å². The SMILES string of the molecule is CC(C)C1OC(O)=CCC1=O. The topological polar surface area (TPSA) is 46.5 Å². The number of carbonyl (C=O) groups excluding carboxylic acids is 1. The second kappa shape index (κ2) is 2.95. The van der Waals surface area contributed by atoms with E-state index in [0.717, 1.165) is 0 Å². The first-order valence-corrected chi connectivity index (χ1v) is 3.69. The molecule has 3 nitrogen and oxygen atoms in total. The van der Waals surface area contributed by atoms with E-state index in [2.05, 4.69) is 0 Å². The number of aliphatic hydroxyl groups excluding tert-OH is 1. The number of carbonyl (C=O) groups is 1. The van der Waals surface area contributed by atoms with Gasteiger partial charge in [-0.1, -0.05) is 13.8 Å².